The van der Waals surface area contributed by atoms with Crippen molar-refractivity contribution in [1.82, 2.24) is 20.9 Å². The number of likely N-dealkylation sites (tertiary alicyclic amines) is 1. The van der Waals surface area contributed by atoms with E-state index < -0.39 is 66.4 Å². The Labute approximate surface area is 282 Å². The van der Waals surface area contributed by atoms with Gasteiger partial charge >= 0.3 is 5.97 Å². The standard InChI is InChI=1S/C32H44N8O9/c33-22(3-1-13-36-32(34)35)27(44)37-23(15-18-5-9-20(42)10-6-18)30(47)40-14-2-4-26(40)29(46)39-25(17-41)28(45)38-24(31(48)49)16-19-7-11-21(43)12-8-19/h5-12,22-26,41-43H,1-4,13-17,33H2,(H,37,44)(H,38,45)(H,39,46)(H,48,49)(H4,34,35,36). The van der Waals surface area contributed by atoms with Gasteiger partial charge in [0.15, 0.2) is 5.96 Å². The number of carboxylic acid groups (broad SMARTS) is 1. The normalized spacial score (nSPS) is 16.4. The van der Waals surface area contributed by atoms with E-state index >= 15 is 0 Å². The number of amides is 4. The Kier molecular flexibility index (Phi) is 14.1. The Balaban J connectivity index is 1.71. The van der Waals surface area contributed by atoms with Crippen molar-refractivity contribution in [3.8, 4) is 11.5 Å². The summed E-state index contributed by atoms with van der Waals surface area (Å²) < 4.78 is 0. The third-order valence-corrected chi connectivity index (χ3v) is 7.94. The number of nitrogens with zero attached hydrogens (tertiary/aromatic N) is 2. The lowest BCUT2D eigenvalue weighted by atomic mass is 10.0. The number of hydrogen-bond donors (Lipinski definition) is 10. The van der Waals surface area contributed by atoms with Crippen molar-refractivity contribution >= 4 is 35.6 Å². The van der Waals surface area contributed by atoms with E-state index in [1.165, 1.54) is 41.3 Å². The van der Waals surface area contributed by atoms with Crippen LogP contribution in [0.4, 0.5) is 0 Å². The number of phenols is 2. The molecule has 17 nitrogen and oxygen atoms in total. The van der Waals surface area contributed by atoms with Crippen molar-refractivity contribution in [3.63, 3.8) is 0 Å². The summed E-state index contributed by atoms with van der Waals surface area (Å²) in [5, 5.41) is 46.2. The molecule has 0 radical (unpaired) electrons. The monoisotopic (exact) mass is 684 g/mol. The van der Waals surface area contributed by atoms with Gasteiger partial charge < -0.3 is 58.5 Å². The molecule has 3 rings (SSSR count). The van der Waals surface area contributed by atoms with Gasteiger partial charge in [-0.2, -0.15) is 0 Å². The van der Waals surface area contributed by atoms with Crippen LogP contribution in [-0.2, 0) is 36.8 Å². The number of carbonyl (C=O) groups is 5. The molecule has 5 atom stereocenters. The van der Waals surface area contributed by atoms with Crippen molar-refractivity contribution in [1.29, 1.82) is 0 Å². The smallest absolute Gasteiger partial charge is 0.326 e. The van der Waals surface area contributed by atoms with E-state index in [1.807, 2.05) is 0 Å². The zero-order chi connectivity index (χ0) is 36.1. The van der Waals surface area contributed by atoms with E-state index in [2.05, 4.69) is 20.9 Å². The van der Waals surface area contributed by atoms with Gasteiger partial charge in [-0.05, 0) is 61.1 Å². The van der Waals surface area contributed by atoms with Crippen molar-refractivity contribution in [3.05, 3.63) is 59.7 Å². The van der Waals surface area contributed by atoms with Crippen LogP contribution in [0.15, 0.2) is 53.5 Å². The molecule has 0 saturated carbocycles. The van der Waals surface area contributed by atoms with Crippen molar-refractivity contribution in [2.75, 3.05) is 19.7 Å². The number of carboxylic acids is 1. The Morgan fingerprint density at radius 3 is 1.92 bits per heavy atom. The van der Waals surface area contributed by atoms with E-state index in [0.717, 1.165) is 0 Å². The number of benzene rings is 2. The highest BCUT2D eigenvalue weighted by atomic mass is 16.4. The summed E-state index contributed by atoms with van der Waals surface area (Å²) in [7, 11) is 0. The zero-order valence-corrected chi connectivity index (χ0v) is 26.8. The number of aromatic hydroxyl groups is 2. The molecular formula is C32H44N8O9. The first-order chi connectivity index (χ1) is 23.3. The molecule has 4 amide bonds. The fourth-order valence-electron chi connectivity index (χ4n) is 5.30. The first-order valence-corrected chi connectivity index (χ1v) is 15.7. The molecule has 1 aliphatic heterocycles. The van der Waals surface area contributed by atoms with Crippen LogP contribution in [-0.4, -0.2) is 111 Å². The molecule has 2 aromatic rings. The summed E-state index contributed by atoms with van der Waals surface area (Å²) >= 11 is 0. The van der Waals surface area contributed by atoms with E-state index in [9.17, 15) is 44.4 Å². The van der Waals surface area contributed by atoms with E-state index in [1.54, 1.807) is 12.1 Å². The summed E-state index contributed by atoms with van der Waals surface area (Å²) in [6.07, 6.45) is 1.15. The average Bonchev–Trinajstić information content (AvgIpc) is 3.56. The molecule has 0 aromatic heterocycles. The van der Waals surface area contributed by atoms with E-state index in [-0.39, 0.29) is 56.2 Å². The molecule has 1 saturated heterocycles. The maximum Gasteiger partial charge on any atom is 0.326 e. The number of guanidine groups is 1. The third-order valence-electron chi connectivity index (χ3n) is 7.94. The Morgan fingerprint density at radius 2 is 1.39 bits per heavy atom. The average molecular weight is 685 g/mol. The van der Waals surface area contributed by atoms with Gasteiger partial charge in [0.25, 0.3) is 0 Å². The van der Waals surface area contributed by atoms with Crippen molar-refractivity contribution < 1.29 is 44.4 Å². The fraction of sp³-hybridized carbons (Fsp3) is 0.438. The predicted molar refractivity (Wildman–Crippen MR) is 177 cm³/mol. The summed E-state index contributed by atoms with van der Waals surface area (Å²) in [5.74, 6) is -4.37. The lowest BCUT2D eigenvalue weighted by Crippen LogP contribution is -2.59. The lowest BCUT2D eigenvalue weighted by Gasteiger charge is -2.30. The molecule has 17 heteroatoms. The number of aliphatic imine (C=N–C) groups is 1. The van der Waals surface area contributed by atoms with Crippen LogP contribution in [0, 0.1) is 0 Å². The van der Waals surface area contributed by atoms with Crippen LogP contribution in [0.3, 0.4) is 0 Å². The molecule has 1 fully saturated rings. The van der Waals surface area contributed by atoms with Gasteiger partial charge in [0.2, 0.25) is 23.6 Å². The Morgan fingerprint density at radius 1 is 0.837 bits per heavy atom. The van der Waals surface area contributed by atoms with Crippen molar-refractivity contribution in [2.24, 2.45) is 22.2 Å². The topological polar surface area (TPSA) is 296 Å². The molecule has 49 heavy (non-hydrogen) atoms. The van der Waals surface area contributed by atoms with E-state index in [4.69, 9.17) is 17.2 Å². The van der Waals surface area contributed by atoms with Gasteiger partial charge in [0.1, 0.15) is 35.7 Å². The number of aliphatic hydroxyl groups excluding tert-OH is 1. The Hall–Kier alpha value is -5.42. The molecule has 266 valence electrons. The molecule has 13 N–H and O–H groups in total. The fourth-order valence-corrected chi connectivity index (χ4v) is 5.30. The quantitative estimate of drug-likeness (QED) is 0.0482. The zero-order valence-electron chi connectivity index (χ0n) is 26.8. The maximum atomic E-state index is 13.9. The number of phenolic OH excluding ortho intramolecular Hbond substituents is 2. The molecule has 5 unspecified atom stereocenters. The minimum atomic E-state index is -1.53. The van der Waals surface area contributed by atoms with Gasteiger partial charge in [-0.1, -0.05) is 24.3 Å². The van der Waals surface area contributed by atoms with Gasteiger partial charge in [-0.25, -0.2) is 4.79 Å². The minimum Gasteiger partial charge on any atom is -0.508 e. The number of nitrogens with two attached hydrogens (primary N) is 3. The van der Waals surface area contributed by atoms with Crippen molar-refractivity contribution in [2.45, 2.75) is 68.7 Å². The summed E-state index contributed by atoms with van der Waals surface area (Å²) in [6.45, 7) is -0.441. The molecule has 0 aliphatic carbocycles. The van der Waals surface area contributed by atoms with Crippen LogP contribution >= 0.6 is 0 Å². The molecule has 0 bridgehead atoms. The van der Waals surface area contributed by atoms with Crippen LogP contribution in [0.2, 0.25) is 0 Å². The number of rotatable bonds is 17. The highest BCUT2D eigenvalue weighted by molar-refractivity contribution is 5.96. The first kappa shape index (κ1) is 38.0. The number of aliphatic carboxylic acids is 1. The Bertz CT molecular complexity index is 1480. The van der Waals surface area contributed by atoms with Crippen LogP contribution in [0.25, 0.3) is 0 Å². The highest BCUT2D eigenvalue weighted by Crippen LogP contribution is 2.21. The van der Waals surface area contributed by atoms with Crippen LogP contribution in [0.5, 0.6) is 11.5 Å². The molecule has 0 spiro atoms. The minimum absolute atomic E-state index is 0.00670. The summed E-state index contributed by atoms with van der Waals surface area (Å²) in [5.41, 5.74) is 17.8. The number of carbonyl (C=O) groups excluding carboxylic acids is 4. The molecule has 1 aliphatic rings. The van der Waals surface area contributed by atoms with Gasteiger partial charge in [0.05, 0.1) is 12.6 Å². The number of nitrogens with one attached hydrogen (secondary N) is 3. The SMILES string of the molecule is NC(N)=NCCCC(N)C(=O)NC(Cc1ccc(O)cc1)C(=O)N1CCCC1C(=O)NC(CO)C(=O)NC(Cc1ccc(O)cc1)C(=O)O. The lowest BCUT2D eigenvalue weighted by molar-refractivity contribution is -0.143. The third kappa shape index (κ3) is 11.7. The first-order valence-electron chi connectivity index (χ1n) is 15.7. The van der Waals surface area contributed by atoms with Crippen LogP contribution in [0.1, 0.15) is 36.8 Å². The number of aliphatic hydroxyl groups is 1. The molecule has 1 heterocycles. The molecular weight excluding hydrogens is 640 g/mol. The largest absolute Gasteiger partial charge is 0.508 e. The molecule has 2 aromatic carbocycles. The number of hydrogen-bond acceptors (Lipinski definition) is 10. The second-order valence-electron chi connectivity index (χ2n) is 11.7. The predicted octanol–water partition coefficient (Wildman–Crippen LogP) is -2.21. The van der Waals surface area contributed by atoms with Crippen LogP contribution < -0.4 is 33.2 Å². The summed E-state index contributed by atoms with van der Waals surface area (Å²) in [6, 6.07) is 5.62. The maximum absolute atomic E-state index is 13.9. The van der Waals surface area contributed by atoms with Gasteiger partial charge in [-0.3, -0.25) is 24.2 Å². The van der Waals surface area contributed by atoms with E-state index in [0.29, 0.717) is 24.0 Å². The second-order valence-corrected chi connectivity index (χ2v) is 11.7. The second kappa shape index (κ2) is 18.2. The highest BCUT2D eigenvalue weighted by Gasteiger charge is 2.39. The van der Waals surface area contributed by atoms with Gasteiger partial charge in [-0.15, -0.1) is 0 Å². The summed E-state index contributed by atoms with van der Waals surface area (Å²) in [4.78, 5) is 70.4. The van der Waals surface area contributed by atoms with Gasteiger partial charge in [0, 0.05) is 25.9 Å².